The number of carbonyl (C=O) groups is 1. The molecule has 2 aliphatic heterocycles. The first-order chi connectivity index (χ1) is 11.1. The highest BCUT2D eigenvalue weighted by atomic mass is 16.2. The molecule has 0 saturated carbocycles. The average Bonchev–Trinajstić information content (AvgIpc) is 3.26. The Morgan fingerprint density at radius 1 is 1.13 bits per heavy atom. The van der Waals surface area contributed by atoms with E-state index in [1.807, 2.05) is 25.2 Å². The van der Waals surface area contributed by atoms with Crippen molar-refractivity contribution in [2.24, 2.45) is 7.05 Å². The van der Waals surface area contributed by atoms with Crippen LogP contribution in [0.1, 0.15) is 36.0 Å². The van der Waals surface area contributed by atoms with Gasteiger partial charge in [-0.2, -0.15) is 0 Å². The number of amides is 1. The maximum atomic E-state index is 13.0. The number of likely N-dealkylation sites (tertiary alicyclic amines) is 2. The van der Waals surface area contributed by atoms with E-state index in [1.165, 1.54) is 12.8 Å². The molecule has 0 N–H and O–H groups in total. The zero-order valence-electron chi connectivity index (χ0n) is 13.8. The summed E-state index contributed by atoms with van der Waals surface area (Å²) in [4.78, 5) is 17.5. The fourth-order valence-corrected chi connectivity index (χ4v) is 4.21. The van der Waals surface area contributed by atoms with Crippen LogP contribution in [0, 0.1) is 0 Å². The number of rotatable bonds is 2. The third kappa shape index (κ3) is 2.41. The lowest BCUT2D eigenvalue weighted by molar-refractivity contribution is 0.0664. The molecule has 0 bridgehead atoms. The quantitative estimate of drug-likeness (QED) is 0.846. The van der Waals surface area contributed by atoms with Gasteiger partial charge in [0, 0.05) is 31.2 Å². The summed E-state index contributed by atoms with van der Waals surface area (Å²) in [5, 5.41) is 8.15. The van der Waals surface area contributed by atoms with Gasteiger partial charge < -0.3 is 9.80 Å². The summed E-state index contributed by atoms with van der Waals surface area (Å²) in [6, 6.07) is 6.59. The summed E-state index contributed by atoms with van der Waals surface area (Å²) >= 11 is 0. The highest BCUT2D eigenvalue weighted by Gasteiger charge is 2.38. The molecule has 122 valence electrons. The number of hydrogen-bond donors (Lipinski definition) is 0. The molecule has 2 aliphatic rings. The van der Waals surface area contributed by atoms with Gasteiger partial charge in [0.05, 0.1) is 5.52 Å². The van der Waals surface area contributed by atoms with Crippen LogP contribution in [-0.2, 0) is 7.05 Å². The fourth-order valence-electron chi connectivity index (χ4n) is 4.21. The van der Waals surface area contributed by atoms with Gasteiger partial charge in [-0.1, -0.05) is 5.21 Å². The number of benzene rings is 1. The number of likely N-dealkylation sites (N-methyl/N-ethyl adjacent to an activating group) is 1. The first-order valence-corrected chi connectivity index (χ1v) is 8.46. The molecular formula is C17H23N5O. The lowest BCUT2D eigenvalue weighted by atomic mass is 10.0. The molecule has 0 aliphatic carbocycles. The van der Waals surface area contributed by atoms with E-state index in [9.17, 15) is 4.79 Å². The van der Waals surface area contributed by atoms with Crippen molar-refractivity contribution in [1.29, 1.82) is 0 Å². The zero-order chi connectivity index (χ0) is 16.0. The smallest absolute Gasteiger partial charge is 0.254 e. The second kappa shape index (κ2) is 5.60. The largest absolute Gasteiger partial charge is 0.334 e. The van der Waals surface area contributed by atoms with Crippen LogP contribution in [0.3, 0.4) is 0 Å². The van der Waals surface area contributed by atoms with Crippen molar-refractivity contribution in [1.82, 2.24) is 24.8 Å². The minimum Gasteiger partial charge on any atom is -0.334 e. The molecule has 4 rings (SSSR count). The minimum absolute atomic E-state index is 0.139. The molecule has 6 nitrogen and oxygen atoms in total. The lowest BCUT2D eigenvalue weighted by Gasteiger charge is -2.33. The van der Waals surface area contributed by atoms with E-state index >= 15 is 0 Å². The number of carbonyl (C=O) groups excluding carboxylic acids is 1. The Labute approximate surface area is 136 Å². The van der Waals surface area contributed by atoms with Crippen LogP contribution in [-0.4, -0.2) is 62.9 Å². The van der Waals surface area contributed by atoms with Crippen LogP contribution < -0.4 is 0 Å². The number of aryl methyl sites for hydroxylation is 1. The maximum absolute atomic E-state index is 13.0. The Morgan fingerprint density at radius 3 is 2.70 bits per heavy atom. The van der Waals surface area contributed by atoms with E-state index < -0.39 is 0 Å². The van der Waals surface area contributed by atoms with Gasteiger partial charge in [-0.3, -0.25) is 4.79 Å². The Bertz CT molecular complexity index is 740. The second-order valence-corrected chi connectivity index (χ2v) is 6.81. The summed E-state index contributed by atoms with van der Waals surface area (Å²) in [6.45, 7) is 2.01. The third-order valence-electron chi connectivity index (χ3n) is 5.44. The van der Waals surface area contributed by atoms with Gasteiger partial charge >= 0.3 is 0 Å². The van der Waals surface area contributed by atoms with Crippen molar-refractivity contribution in [3.8, 4) is 0 Å². The topological polar surface area (TPSA) is 54.3 Å². The maximum Gasteiger partial charge on any atom is 0.254 e. The summed E-state index contributed by atoms with van der Waals surface area (Å²) in [5.41, 5.74) is 2.47. The van der Waals surface area contributed by atoms with Crippen LogP contribution in [0.15, 0.2) is 18.2 Å². The highest BCUT2D eigenvalue weighted by Crippen LogP contribution is 2.30. The van der Waals surface area contributed by atoms with E-state index in [0.717, 1.165) is 42.5 Å². The first-order valence-electron chi connectivity index (χ1n) is 8.46. The van der Waals surface area contributed by atoms with Gasteiger partial charge in [0.2, 0.25) is 0 Å². The molecule has 1 aromatic carbocycles. The van der Waals surface area contributed by atoms with E-state index in [-0.39, 0.29) is 5.91 Å². The molecule has 2 aromatic rings. The summed E-state index contributed by atoms with van der Waals surface area (Å²) in [7, 11) is 4.05. The summed E-state index contributed by atoms with van der Waals surface area (Å²) < 4.78 is 1.73. The van der Waals surface area contributed by atoms with Crippen molar-refractivity contribution < 1.29 is 4.79 Å². The Morgan fingerprint density at radius 2 is 1.91 bits per heavy atom. The van der Waals surface area contributed by atoms with Crippen molar-refractivity contribution in [3.63, 3.8) is 0 Å². The molecule has 1 amide bonds. The molecule has 2 fully saturated rings. The van der Waals surface area contributed by atoms with E-state index in [2.05, 4.69) is 27.2 Å². The average molecular weight is 313 g/mol. The zero-order valence-corrected chi connectivity index (χ0v) is 13.8. The molecule has 2 saturated heterocycles. The Kier molecular flexibility index (Phi) is 3.56. The lowest BCUT2D eigenvalue weighted by Crippen LogP contribution is -2.47. The van der Waals surface area contributed by atoms with Crippen LogP contribution in [0.2, 0.25) is 0 Å². The predicted molar refractivity (Wildman–Crippen MR) is 88.2 cm³/mol. The van der Waals surface area contributed by atoms with Crippen LogP contribution in [0.25, 0.3) is 11.0 Å². The van der Waals surface area contributed by atoms with Crippen LogP contribution in [0.4, 0.5) is 0 Å². The molecule has 1 aromatic heterocycles. The number of nitrogens with zero attached hydrogens (tertiary/aromatic N) is 5. The standard InChI is InChI=1S/C17H23N5O/c1-20-9-3-5-15(20)16-6-4-10-22(16)17(23)12-7-8-14-13(11-12)18-19-21(14)2/h7-8,11,15-16H,3-6,9-10H2,1-2H3/t15-,16-/m0/s1. The number of fused-ring (bicyclic) bond motifs is 1. The molecule has 23 heavy (non-hydrogen) atoms. The number of hydrogen-bond acceptors (Lipinski definition) is 4. The molecule has 0 spiro atoms. The van der Waals surface area contributed by atoms with Gasteiger partial charge in [0.15, 0.2) is 0 Å². The summed E-state index contributed by atoms with van der Waals surface area (Å²) in [6.07, 6.45) is 4.67. The molecule has 3 heterocycles. The Balaban J connectivity index is 1.61. The molecule has 0 unspecified atom stereocenters. The highest BCUT2D eigenvalue weighted by molar-refractivity contribution is 5.97. The SMILES string of the molecule is CN1CCC[C@H]1[C@@H]1CCCN1C(=O)c1ccc2c(c1)nnn2C. The van der Waals surface area contributed by atoms with Gasteiger partial charge in [-0.05, 0) is 57.5 Å². The molecular weight excluding hydrogens is 290 g/mol. The minimum atomic E-state index is 0.139. The van der Waals surface area contributed by atoms with Gasteiger partial charge in [0.25, 0.3) is 5.91 Å². The molecule has 0 radical (unpaired) electrons. The van der Waals surface area contributed by atoms with Crippen molar-refractivity contribution in [2.75, 3.05) is 20.1 Å². The summed E-state index contributed by atoms with van der Waals surface area (Å²) in [5.74, 6) is 0.139. The monoisotopic (exact) mass is 313 g/mol. The van der Waals surface area contributed by atoms with Crippen LogP contribution in [0.5, 0.6) is 0 Å². The van der Waals surface area contributed by atoms with Crippen LogP contribution >= 0.6 is 0 Å². The van der Waals surface area contributed by atoms with Gasteiger partial charge in [0.1, 0.15) is 5.52 Å². The van der Waals surface area contributed by atoms with Crippen molar-refractivity contribution >= 4 is 16.9 Å². The van der Waals surface area contributed by atoms with E-state index in [4.69, 9.17) is 0 Å². The van der Waals surface area contributed by atoms with Gasteiger partial charge in [-0.15, -0.1) is 5.10 Å². The third-order valence-corrected chi connectivity index (χ3v) is 5.44. The Hall–Kier alpha value is -1.95. The predicted octanol–water partition coefficient (Wildman–Crippen LogP) is 1.67. The normalized spacial score (nSPS) is 25.6. The number of aromatic nitrogens is 3. The van der Waals surface area contributed by atoms with E-state index in [0.29, 0.717) is 12.1 Å². The fraction of sp³-hybridized carbons (Fsp3) is 0.588. The van der Waals surface area contributed by atoms with Crippen molar-refractivity contribution in [3.05, 3.63) is 23.8 Å². The molecule has 2 atom stereocenters. The first kappa shape index (κ1) is 14.6. The molecule has 6 heteroatoms. The van der Waals surface area contributed by atoms with Gasteiger partial charge in [-0.25, -0.2) is 4.68 Å². The van der Waals surface area contributed by atoms with E-state index in [1.54, 1.807) is 4.68 Å². The second-order valence-electron chi connectivity index (χ2n) is 6.81. The van der Waals surface area contributed by atoms with Crippen molar-refractivity contribution in [2.45, 2.75) is 37.8 Å².